The summed E-state index contributed by atoms with van der Waals surface area (Å²) in [4.78, 5) is 0. The fourth-order valence-electron chi connectivity index (χ4n) is 1.57. The van der Waals surface area contributed by atoms with Crippen molar-refractivity contribution in [3.05, 3.63) is 63.6 Å². The molecule has 0 aliphatic rings. The van der Waals surface area contributed by atoms with Crippen molar-refractivity contribution in [1.82, 2.24) is 0 Å². The monoisotopic (exact) mass is 302 g/mol. The maximum atomic E-state index is 4.24. The van der Waals surface area contributed by atoms with E-state index in [4.69, 9.17) is 0 Å². The lowest BCUT2D eigenvalue weighted by atomic mass is 10.1. The van der Waals surface area contributed by atoms with Gasteiger partial charge in [0.1, 0.15) is 0 Å². The Morgan fingerprint density at radius 3 is 2.56 bits per heavy atom. The van der Waals surface area contributed by atoms with E-state index in [1.807, 2.05) is 30.3 Å². The van der Waals surface area contributed by atoms with Gasteiger partial charge in [-0.3, -0.25) is 5.43 Å². The zero-order valence-corrected chi connectivity index (χ0v) is 12.0. The lowest BCUT2D eigenvalue weighted by Crippen LogP contribution is -1.92. The number of benzene rings is 2. The van der Waals surface area contributed by atoms with Crippen molar-refractivity contribution in [2.24, 2.45) is 5.10 Å². The molecule has 0 fully saturated rings. The van der Waals surface area contributed by atoms with Crippen LogP contribution < -0.4 is 5.43 Å². The van der Waals surface area contributed by atoms with E-state index in [9.17, 15) is 0 Å². The molecule has 2 rings (SSSR count). The van der Waals surface area contributed by atoms with Crippen LogP contribution in [0.5, 0.6) is 0 Å². The molecular weight excluding hydrogens is 288 g/mol. The van der Waals surface area contributed by atoms with Crippen LogP contribution in [0.2, 0.25) is 0 Å². The molecule has 1 N–H and O–H groups in total. The summed E-state index contributed by atoms with van der Waals surface area (Å²) >= 11 is 3.48. The van der Waals surface area contributed by atoms with E-state index in [2.05, 4.69) is 52.4 Å². The van der Waals surface area contributed by atoms with Gasteiger partial charge in [-0.2, -0.15) is 5.10 Å². The fraction of sp³-hybridized carbons (Fsp3) is 0.133. The van der Waals surface area contributed by atoms with E-state index >= 15 is 0 Å². The Hall–Kier alpha value is -1.61. The van der Waals surface area contributed by atoms with Gasteiger partial charge in [0, 0.05) is 10.0 Å². The van der Waals surface area contributed by atoms with Crippen LogP contribution in [0.4, 0.5) is 5.69 Å². The van der Waals surface area contributed by atoms with E-state index in [-0.39, 0.29) is 0 Å². The number of hydrogen-bond donors (Lipinski definition) is 1. The van der Waals surface area contributed by atoms with Crippen molar-refractivity contribution >= 4 is 27.8 Å². The van der Waals surface area contributed by atoms with Gasteiger partial charge in [0.05, 0.1) is 11.9 Å². The molecule has 0 atom stereocenters. The van der Waals surface area contributed by atoms with E-state index in [1.165, 1.54) is 11.1 Å². The Labute approximate surface area is 116 Å². The Morgan fingerprint density at radius 1 is 1.06 bits per heavy atom. The molecule has 18 heavy (non-hydrogen) atoms. The van der Waals surface area contributed by atoms with Gasteiger partial charge >= 0.3 is 0 Å². The SMILES string of the molecule is Cc1ccc(NN=Cc2ccccc2Br)cc1C. The van der Waals surface area contributed by atoms with Crippen LogP contribution in [0.3, 0.4) is 0 Å². The van der Waals surface area contributed by atoms with Crippen LogP contribution in [-0.2, 0) is 0 Å². The van der Waals surface area contributed by atoms with E-state index in [0.29, 0.717) is 0 Å². The molecule has 0 saturated heterocycles. The minimum Gasteiger partial charge on any atom is -0.278 e. The number of halogens is 1. The number of hydrogen-bond acceptors (Lipinski definition) is 2. The molecule has 92 valence electrons. The zero-order valence-electron chi connectivity index (χ0n) is 10.4. The second-order valence-electron chi connectivity index (χ2n) is 4.19. The van der Waals surface area contributed by atoms with Crippen LogP contribution in [0, 0.1) is 13.8 Å². The third kappa shape index (κ3) is 3.20. The molecule has 3 heteroatoms. The van der Waals surface area contributed by atoms with E-state index in [0.717, 1.165) is 15.7 Å². The van der Waals surface area contributed by atoms with Gasteiger partial charge in [0.25, 0.3) is 0 Å². The maximum Gasteiger partial charge on any atom is 0.0564 e. The lowest BCUT2D eigenvalue weighted by Gasteiger charge is -2.04. The molecule has 2 aromatic rings. The minimum absolute atomic E-state index is 1.00. The number of rotatable bonds is 3. The normalized spacial score (nSPS) is 10.8. The molecule has 0 spiro atoms. The predicted octanol–water partition coefficient (Wildman–Crippen LogP) is 4.51. The summed E-state index contributed by atoms with van der Waals surface area (Å²) in [5, 5.41) is 4.24. The molecule has 0 aromatic heterocycles. The zero-order chi connectivity index (χ0) is 13.0. The molecule has 0 saturated carbocycles. The van der Waals surface area contributed by atoms with Gasteiger partial charge in [-0.05, 0) is 43.2 Å². The van der Waals surface area contributed by atoms with Crippen molar-refractivity contribution in [3.63, 3.8) is 0 Å². The number of anilines is 1. The molecule has 0 heterocycles. The summed E-state index contributed by atoms with van der Waals surface area (Å²) in [6.07, 6.45) is 1.80. The average Bonchev–Trinajstić information content (AvgIpc) is 2.36. The van der Waals surface area contributed by atoms with Gasteiger partial charge in [-0.25, -0.2) is 0 Å². The highest BCUT2D eigenvalue weighted by Gasteiger charge is 1.95. The summed E-state index contributed by atoms with van der Waals surface area (Å²) in [5.41, 5.74) is 7.64. The van der Waals surface area contributed by atoms with Crippen LogP contribution in [-0.4, -0.2) is 6.21 Å². The summed E-state index contributed by atoms with van der Waals surface area (Å²) in [6.45, 7) is 4.20. The highest BCUT2D eigenvalue weighted by Crippen LogP contribution is 2.15. The fourth-order valence-corrected chi connectivity index (χ4v) is 1.95. The van der Waals surface area contributed by atoms with Crippen molar-refractivity contribution in [1.29, 1.82) is 0 Å². The average molecular weight is 303 g/mol. The number of nitrogens with zero attached hydrogens (tertiary/aromatic N) is 1. The Morgan fingerprint density at radius 2 is 1.83 bits per heavy atom. The van der Waals surface area contributed by atoms with Gasteiger partial charge in [-0.1, -0.05) is 40.2 Å². The lowest BCUT2D eigenvalue weighted by molar-refractivity contribution is 1.29. The molecule has 0 radical (unpaired) electrons. The summed E-state index contributed by atoms with van der Waals surface area (Å²) in [6, 6.07) is 14.2. The first kappa shape index (κ1) is 12.8. The van der Waals surface area contributed by atoms with Gasteiger partial charge < -0.3 is 0 Å². The topological polar surface area (TPSA) is 24.4 Å². The Bertz CT molecular complexity index is 576. The quantitative estimate of drug-likeness (QED) is 0.654. The smallest absolute Gasteiger partial charge is 0.0564 e. The second kappa shape index (κ2) is 5.83. The Kier molecular flexibility index (Phi) is 4.15. The van der Waals surface area contributed by atoms with Crippen LogP contribution >= 0.6 is 15.9 Å². The second-order valence-corrected chi connectivity index (χ2v) is 5.04. The molecule has 0 aliphatic carbocycles. The first-order valence-corrected chi connectivity index (χ1v) is 6.57. The van der Waals surface area contributed by atoms with E-state index < -0.39 is 0 Å². The van der Waals surface area contributed by atoms with Crippen molar-refractivity contribution in [3.8, 4) is 0 Å². The summed E-state index contributed by atoms with van der Waals surface area (Å²) in [7, 11) is 0. The van der Waals surface area contributed by atoms with Crippen molar-refractivity contribution < 1.29 is 0 Å². The first-order chi connectivity index (χ1) is 8.66. The third-order valence-electron chi connectivity index (χ3n) is 2.81. The van der Waals surface area contributed by atoms with Crippen LogP contribution in [0.25, 0.3) is 0 Å². The molecule has 0 unspecified atom stereocenters. The van der Waals surface area contributed by atoms with Gasteiger partial charge in [-0.15, -0.1) is 0 Å². The number of nitrogens with one attached hydrogen (secondary N) is 1. The number of hydrazone groups is 1. The number of aryl methyl sites for hydroxylation is 2. The third-order valence-corrected chi connectivity index (χ3v) is 3.53. The standard InChI is InChI=1S/C15H15BrN2/c1-11-7-8-14(9-12(11)2)18-17-10-13-5-3-4-6-15(13)16/h3-10,18H,1-2H3. The molecule has 0 amide bonds. The molecule has 0 bridgehead atoms. The van der Waals surface area contributed by atoms with Crippen LogP contribution in [0.15, 0.2) is 52.0 Å². The largest absolute Gasteiger partial charge is 0.278 e. The summed E-state index contributed by atoms with van der Waals surface area (Å²) < 4.78 is 1.04. The van der Waals surface area contributed by atoms with Gasteiger partial charge in [0.15, 0.2) is 0 Å². The highest BCUT2D eigenvalue weighted by atomic mass is 79.9. The predicted molar refractivity (Wildman–Crippen MR) is 81.3 cm³/mol. The van der Waals surface area contributed by atoms with Crippen molar-refractivity contribution in [2.75, 3.05) is 5.43 Å². The van der Waals surface area contributed by atoms with E-state index in [1.54, 1.807) is 6.21 Å². The minimum atomic E-state index is 1.00. The van der Waals surface area contributed by atoms with Gasteiger partial charge in [0.2, 0.25) is 0 Å². The maximum absolute atomic E-state index is 4.24. The molecular formula is C15H15BrN2. The summed E-state index contributed by atoms with van der Waals surface area (Å²) in [5.74, 6) is 0. The molecule has 2 nitrogen and oxygen atoms in total. The van der Waals surface area contributed by atoms with Crippen molar-refractivity contribution in [2.45, 2.75) is 13.8 Å². The highest BCUT2D eigenvalue weighted by molar-refractivity contribution is 9.10. The van der Waals surface area contributed by atoms with Crippen LogP contribution in [0.1, 0.15) is 16.7 Å². The first-order valence-electron chi connectivity index (χ1n) is 5.77. The Balaban J connectivity index is 2.07. The molecule has 0 aliphatic heterocycles. The molecule has 2 aromatic carbocycles.